The monoisotopic (exact) mass is 268 g/mol. The van der Waals surface area contributed by atoms with Crippen LogP contribution in [0.25, 0.3) is 6.08 Å². The Morgan fingerprint density at radius 2 is 1.72 bits per heavy atom. The molecule has 1 aromatic carbocycles. The summed E-state index contributed by atoms with van der Waals surface area (Å²) in [7, 11) is -3.50. The van der Waals surface area contributed by atoms with E-state index in [0.717, 1.165) is 5.56 Å². The molecule has 0 amide bonds. The predicted molar refractivity (Wildman–Crippen MR) is 71.3 cm³/mol. The van der Waals surface area contributed by atoms with Gasteiger partial charge in [0.25, 0.3) is 0 Å². The van der Waals surface area contributed by atoms with Gasteiger partial charge in [0.1, 0.15) is 5.31 Å². The third-order valence-corrected chi connectivity index (χ3v) is 4.21. The first-order valence-electron chi connectivity index (χ1n) is 5.78. The van der Waals surface area contributed by atoms with Crippen molar-refractivity contribution >= 4 is 20.0 Å². The maximum Gasteiger partial charge on any atom is 0.364 e. The van der Waals surface area contributed by atoms with E-state index in [0.29, 0.717) is 6.29 Å². The highest BCUT2D eigenvalue weighted by Gasteiger charge is 2.29. The van der Waals surface area contributed by atoms with Crippen LogP contribution in [-0.4, -0.2) is 19.5 Å². The molecule has 1 rings (SSSR count). The van der Waals surface area contributed by atoms with E-state index >= 15 is 0 Å². The Balaban J connectivity index is 3.10. The summed E-state index contributed by atoms with van der Waals surface area (Å²) in [5.41, 5.74) is 0.777. The summed E-state index contributed by atoms with van der Waals surface area (Å²) in [4.78, 5) is 11.1. The molecule has 0 saturated carbocycles. The molecule has 0 aliphatic carbocycles. The predicted octanol–water partition coefficient (Wildman–Crippen LogP) is 3.49. The lowest BCUT2D eigenvalue weighted by atomic mass is 10.2. The van der Waals surface area contributed by atoms with Crippen molar-refractivity contribution < 1.29 is 18.4 Å². The van der Waals surface area contributed by atoms with Gasteiger partial charge in [0.05, 0.1) is 13.2 Å². The van der Waals surface area contributed by atoms with Gasteiger partial charge in [0, 0.05) is 0 Å². The molecular formula is C13H17O4P. The summed E-state index contributed by atoms with van der Waals surface area (Å²) in [6.45, 7) is 3.85. The fourth-order valence-electron chi connectivity index (χ4n) is 1.42. The smallest absolute Gasteiger partial charge is 0.305 e. The molecule has 0 heterocycles. The van der Waals surface area contributed by atoms with Crippen LogP contribution in [0.5, 0.6) is 0 Å². The van der Waals surface area contributed by atoms with Crippen LogP contribution in [0, 0.1) is 0 Å². The van der Waals surface area contributed by atoms with Crippen LogP contribution in [0.2, 0.25) is 0 Å². The van der Waals surface area contributed by atoms with E-state index in [1.807, 2.05) is 30.3 Å². The summed E-state index contributed by atoms with van der Waals surface area (Å²) >= 11 is 0. The van der Waals surface area contributed by atoms with Gasteiger partial charge in [0.2, 0.25) is 0 Å². The second-order valence-electron chi connectivity index (χ2n) is 3.43. The molecule has 0 radical (unpaired) electrons. The van der Waals surface area contributed by atoms with Crippen molar-refractivity contribution in [1.29, 1.82) is 0 Å². The van der Waals surface area contributed by atoms with Crippen molar-refractivity contribution in [2.45, 2.75) is 13.8 Å². The Morgan fingerprint density at radius 3 is 2.17 bits per heavy atom. The Hall–Kier alpha value is -1.22. The van der Waals surface area contributed by atoms with E-state index in [1.165, 1.54) is 6.08 Å². The molecule has 1 aromatic rings. The summed E-state index contributed by atoms with van der Waals surface area (Å²) in [6, 6.07) is 9.15. The van der Waals surface area contributed by atoms with E-state index in [9.17, 15) is 9.36 Å². The van der Waals surface area contributed by atoms with Gasteiger partial charge >= 0.3 is 7.60 Å². The lowest BCUT2D eigenvalue weighted by Crippen LogP contribution is -1.99. The number of allylic oxidation sites excluding steroid dienone is 1. The fraction of sp³-hybridized carbons (Fsp3) is 0.308. The van der Waals surface area contributed by atoms with Gasteiger partial charge in [0.15, 0.2) is 6.29 Å². The van der Waals surface area contributed by atoms with Crippen LogP contribution >= 0.6 is 7.60 Å². The molecule has 0 N–H and O–H groups in total. The van der Waals surface area contributed by atoms with Gasteiger partial charge in [-0.25, -0.2) is 0 Å². The quantitative estimate of drug-likeness (QED) is 0.431. The van der Waals surface area contributed by atoms with Gasteiger partial charge in [-0.15, -0.1) is 0 Å². The minimum Gasteiger partial charge on any atom is -0.305 e. The third-order valence-electron chi connectivity index (χ3n) is 2.15. The van der Waals surface area contributed by atoms with Crippen molar-refractivity contribution in [3.63, 3.8) is 0 Å². The lowest BCUT2D eigenvalue weighted by Gasteiger charge is -2.16. The molecular weight excluding hydrogens is 251 g/mol. The van der Waals surface area contributed by atoms with E-state index in [2.05, 4.69) is 0 Å². The molecule has 0 aliphatic heterocycles. The van der Waals surface area contributed by atoms with Gasteiger partial charge in [-0.3, -0.25) is 9.36 Å². The standard InChI is InChI=1S/C13H17O4P/c1-3-16-18(15,17-4-2)13(11-14)10-12-8-6-5-7-9-12/h5-11H,3-4H2,1-2H3/b13-10+. The third kappa shape index (κ3) is 3.91. The van der Waals surface area contributed by atoms with Crippen molar-refractivity contribution in [2.24, 2.45) is 0 Å². The van der Waals surface area contributed by atoms with Gasteiger partial charge < -0.3 is 9.05 Å². The highest BCUT2D eigenvalue weighted by Crippen LogP contribution is 2.55. The molecule has 98 valence electrons. The highest BCUT2D eigenvalue weighted by atomic mass is 31.2. The first-order valence-corrected chi connectivity index (χ1v) is 7.32. The molecule has 0 aromatic heterocycles. The number of carbonyl (C=O) groups is 1. The average Bonchev–Trinajstić information content (AvgIpc) is 2.37. The first kappa shape index (κ1) is 14.8. The summed E-state index contributed by atoms with van der Waals surface area (Å²) < 4.78 is 22.7. The number of hydrogen-bond donors (Lipinski definition) is 0. The molecule has 5 heteroatoms. The maximum absolute atomic E-state index is 12.4. The normalized spacial score (nSPS) is 12.4. The molecule has 0 unspecified atom stereocenters. The van der Waals surface area contributed by atoms with Crippen molar-refractivity contribution in [3.8, 4) is 0 Å². The second kappa shape index (κ2) is 7.27. The van der Waals surface area contributed by atoms with Crippen LogP contribution < -0.4 is 0 Å². The Labute approximate surface area is 107 Å². The van der Waals surface area contributed by atoms with E-state index in [1.54, 1.807) is 13.8 Å². The first-order chi connectivity index (χ1) is 8.66. The fourth-order valence-corrected chi connectivity index (χ4v) is 2.91. The average molecular weight is 268 g/mol. The molecule has 18 heavy (non-hydrogen) atoms. The molecule has 0 saturated heterocycles. The molecule has 0 aliphatic rings. The molecule has 0 atom stereocenters. The largest absolute Gasteiger partial charge is 0.364 e. The van der Waals surface area contributed by atoms with Crippen LogP contribution in [0.4, 0.5) is 0 Å². The molecule has 0 spiro atoms. The van der Waals surface area contributed by atoms with Gasteiger partial charge in [-0.2, -0.15) is 0 Å². The van der Waals surface area contributed by atoms with E-state index in [4.69, 9.17) is 9.05 Å². The minimum absolute atomic E-state index is 0.0393. The molecule has 0 bridgehead atoms. The Morgan fingerprint density at radius 1 is 1.17 bits per heavy atom. The maximum atomic E-state index is 12.4. The minimum atomic E-state index is -3.50. The number of rotatable bonds is 7. The van der Waals surface area contributed by atoms with E-state index < -0.39 is 7.60 Å². The highest BCUT2D eigenvalue weighted by molar-refractivity contribution is 7.60. The van der Waals surface area contributed by atoms with Crippen molar-refractivity contribution in [2.75, 3.05) is 13.2 Å². The van der Waals surface area contributed by atoms with Gasteiger partial charge in [-0.05, 0) is 25.5 Å². The van der Waals surface area contributed by atoms with Crippen LogP contribution in [0.1, 0.15) is 19.4 Å². The number of aldehydes is 1. The summed E-state index contributed by atoms with van der Waals surface area (Å²) in [5, 5.41) is 0.0393. The van der Waals surface area contributed by atoms with E-state index in [-0.39, 0.29) is 18.5 Å². The SMILES string of the molecule is CCOP(=O)(OCC)/C(C=O)=C/c1ccccc1. The van der Waals surface area contributed by atoms with Crippen LogP contribution in [-0.2, 0) is 18.4 Å². The zero-order chi connectivity index (χ0) is 13.4. The number of hydrogen-bond acceptors (Lipinski definition) is 4. The zero-order valence-electron chi connectivity index (χ0n) is 10.5. The van der Waals surface area contributed by atoms with Gasteiger partial charge in [-0.1, -0.05) is 30.3 Å². The lowest BCUT2D eigenvalue weighted by molar-refractivity contribution is -0.104. The van der Waals surface area contributed by atoms with Crippen molar-refractivity contribution in [3.05, 3.63) is 41.2 Å². The molecule has 4 nitrogen and oxygen atoms in total. The second-order valence-corrected chi connectivity index (χ2v) is 5.46. The Bertz CT molecular complexity index is 443. The van der Waals surface area contributed by atoms with Crippen LogP contribution in [0.3, 0.4) is 0 Å². The zero-order valence-corrected chi connectivity index (χ0v) is 11.4. The Kier molecular flexibility index (Phi) is 5.99. The van der Waals surface area contributed by atoms with Crippen molar-refractivity contribution in [1.82, 2.24) is 0 Å². The number of carbonyl (C=O) groups excluding carboxylic acids is 1. The summed E-state index contributed by atoms with van der Waals surface area (Å²) in [6.07, 6.45) is 2.05. The van der Waals surface area contributed by atoms with Crippen LogP contribution in [0.15, 0.2) is 35.6 Å². The summed E-state index contributed by atoms with van der Waals surface area (Å²) in [5.74, 6) is 0. The number of benzene rings is 1. The molecule has 0 fully saturated rings. The topological polar surface area (TPSA) is 52.6 Å².